The molecule has 0 radical (unpaired) electrons. The summed E-state index contributed by atoms with van der Waals surface area (Å²) in [7, 11) is 1.78. The van der Waals surface area contributed by atoms with Crippen molar-refractivity contribution in [3.05, 3.63) is 71.0 Å². The van der Waals surface area contributed by atoms with Crippen molar-refractivity contribution in [2.75, 3.05) is 7.05 Å². The zero-order valence-corrected chi connectivity index (χ0v) is 15.8. The standard InChI is InChI=1S/C20H23N5O2/c1-15-9-10-17(16(2)11-15)12-24(3)20(26)13-25-22-19(21-23-25)14-27-18-7-5-4-6-8-18/h4-11H,12-14H2,1-3H3. The minimum atomic E-state index is -0.0806. The van der Waals surface area contributed by atoms with Gasteiger partial charge in [-0.2, -0.15) is 4.80 Å². The number of carbonyl (C=O) groups is 1. The molecule has 0 atom stereocenters. The van der Waals surface area contributed by atoms with Gasteiger partial charge in [-0.05, 0) is 42.3 Å². The summed E-state index contributed by atoms with van der Waals surface area (Å²) in [6.45, 7) is 4.90. The van der Waals surface area contributed by atoms with Crippen LogP contribution in [-0.2, 0) is 24.5 Å². The van der Waals surface area contributed by atoms with Gasteiger partial charge in [-0.25, -0.2) is 0 Å². The molecule has 140 valence electrons. The molecule has 7 heteroatoms. The lowest BCUT2D eigenvalue weighted by molar-refractivity contribution is -0.131. The minimum absolute atomic E-state index is 0.0414. The fourth-order valence-electron chi connectivity index (χ4n) is 2.67. The van der Waals surface area contributed by atoms with Crippen LogP contribution in [0.3, 0.4) is 0 Å². The predicted octanol–water partition coefficient (Wildman–Crippen LogP) is 2.53. The van der Waals surface area contributed by atoms with Crippen LogP contribution in [0.2, 0.25) is 0 Å². The summed E-state index contributed by atoms with van der Waals surface area (Å²) < 4.78 is 5.59. The molecule has 0 N–H and O–H groups in total. The number of nitrogens with zero attached hydrogens (tertiary/aromatic N) is 5. The number of aryl methyl sites for hydroxylation is 2. The molecule has 3 rings (SSSR count). The number of benzene rings is 2. The fourth-order valence-corrected chi connectivity index (χ4v) is 2.67. The first-order chi connectivity index (χ1) is 13.0. The van der Waals surface area contributed by atoms with Crippen LogP contribution in [0.1, 0.15) is 22.5 Å². The smallest absolute Gasteiger partial charge is 0.246 e. The second kappa shape index (κ2) is 8.44. The topological polar surface area (TPSA) is 73.1 Å². The maximum atomic E-state index is 12.4. The van der Waals surface area contributed by atoms with Crippen molar-refractivity contribution in [3.8, 4) is 5.75 Å². The first-order valence-corrected chi connectivity index (χ1v) is 8.76. The van der Waals surface area contributed by atoms with Gasteiger partial charge in [-0.15, -0.1) is 10.2 Å². The molecule has 0 aliphatic carbocycles. The third-order valence-corrected chi connectivity index (χ3v) is 4.21. The van der Waals surface area contributed by atoms with Gasteiger partial charge in [0.2, 0.25) is 11.7 Å². The summed E-state index contributed by atoms with van der Waals surface area (Å²) in [5.74, 6) is 1.09. The third kappa shape index (κ3) is 5.13. The van der Waals surface area contributed by atoms with E-state index in [0.29, 0.717) is 12.4 Å². The van der Waals surface area contributed by atoms with Crippen molar-refractivity contribution < 1.29 is 9.53 Å². The molecule has 3 aromatic rings. The van der Waals surface area contributed by atoms with Gasteiger partial charge in [0, 0.05) is 13.6 Å². The van der Waals surface area contributed by atoms with E-state index in [1.54, 1.807) is 11.9 Å². The van der Waals surface area contributed by atoms with Crippen molar-refractivity contribution in [1.29, 1.82) is 0 Å². The summed E-state index contributed by atoms with van der Waals surface area (Å²) in [5, 5.41) is 12.1. The number of ether oxygens (including phenoxy) is 1. The molecule has 27 heavy (non-hydrogen) atoms. The summed E-state index contributed by atoms with van der Waals surface area (Å²) in [5.41, 5.74) is 3.51. The highest BCUT2D eigenvalue weighted by molar-refractivity contribution is 5.75. The van der Waals surface area contributed by atoms with E-state index in [1.807, 2.05) is 30.3 Å². The first kappa shape index (κ1) is 18.6. The first-order valence-electron chi connectivity index (χ1n) is 8.76. The van der Waals surface area contributed by atoms with E-state index in [-0.39, 0.29) is 19.1 Å². The largest absolute Gasteiger partial charge is 0.485 e. The monoisotopic (exact) mass is 365 g/mol. The van der Waals surface area contributed by atoms with Crippen LogP contribution >= 0.6 is 0 Å². The highest BCUT2D eigenvalue weighted by Crippen LogP contribution is 2.13. The summed E-state index contributed by atoms with van der Waals surface area (Å²) in [6.07, 6.45) is 0. The van der Waals surface area contributed by atoms with E-state index >= 15 is 0 Å². The van der Waals surface area contributed by atoms with Crippen molar-refractivity contribution in [2.45, 2.75) is 33.5 Å². The van der Waals surface area contributed by atoms with E-state index < -0.39 is 0 Å². The van der Waals surface area contributed by atoms with Crippen molar-refractivity contribution in [2.24, 2.45) is 0 Å². The van der Waals surface area contributed by atoms with Crippen LogP contribution in [0, 0.1) is 13.8 Å². The molecule has 7 nitrogen and oxygen atoms in total. The van der Waals surface area contributed by atoms with Crippen molar-refractivity contribution >= 4 is 5.91 Å². The lowest BCUT2D eigenvalue weighted by Crippen LogP contribution is -2.30. The van der Waals surface area contributed by atoms with E-state index in [9.17, 15) is 4.79 Å². The zero-order chi connectivity index (χ0) is 19.2. The number of carbonyl (C=O) groups excluding carboxylic acids is 1. The van der Waals surface area contributed by atoms with Gasteiger partial charge in [0.1, 0.15) is 12.3 Å². The fraction of sp³-hybridized carbons (Fsp3) is 0.300. The highest BCUT2D eigenvalue weighted by Gasteiger charge is 2.14. The van der Waals surface area contributed by atoms with Crippen LogP contribution in [0.25, 0.3) is 0 Å². The van der Waals surface area contributed by atoms with E-state index in [0.717, 1.165) is 11.3 Å². The molecule has 0 saturated heterocycles. The Morgan fingerprint density at radius 2 is 1.93 bits per heavy atom. The van der Waals surface area contributed by atoms with Crippen LogP contribution in [-0.4, -0.2) is 38.1 Å². The third-order valence-electron chi connectivity index (χ3n) is 4.21. The Morgan fingerprint density at radius 3 is 2.67 bits per heavy atom. The molecule has 0 fully saturated rings. The quantitative estimate of drug-likeness (QED) is 0.643. The number of aromatic nitrogens is 4. The second-order valence-electron chi connectivity index (χ2n) is 6.52. The normalized spacial score (nSPS) is 10.6. The molecule has 1 amide bonds. The summed E-state index contributed by atoms with van der Waals surface area (Å²) in [4.78, 5) is 15.4. The van der Waals surface area contributed by atoms with Crippen LogP contribution < -0.4 is 4.74 Å². The van der Waals surface area contributed by atoms with E-state index in [4.69, 9.17) is 4.74 Å². The Labute approximate surface area is 158 Å². The SMILES string of the molecule is Cc1ccc(CN(C)C(=O)Cn2nnc(COc3ccccc3)n2)c(C)c1. The molecule has 0 aliphatic rings. The average Bonchev–Trinajstić information content (AvgIpc) is 3.10. The van der Waals surface area contributed by atoms with Crippen LogP contribution in [0.15, 0.2) is 48.5 Å². The Morgan fingerprint density at radius 1 is 1.15 bits per heavy atom. The van der Waals surface area contributed by atoms with Crippen LogP contribution in [0.5, 0.6) is 5.75 Å². The van der Waals surface area contributed by atoms with Gasteiger partial charge >= 0.3 is 0 Å². The molecule has 1 aromatic heterocycles. The van der Waals surface area contributed by atoms with E-state index in [2.05, 4.69) is 47.5 Å². The van der Waals surface area contributed by atoms with Gasteiger partial charge in [0.05, 0.1) is 0 Å². The number of tetrazole rings is 1. The predicted molar refractivity (Wildman–Crippen MR) is 101 cm³/mol. The second-order valence-corrected chi connectivity index (χ2v) is 6.52. The molecule has 0 bridgehead atoms. The maximum absolute atomic E-state index is 12.4. The highest BCUT2D eigenvalue weighted by atomic mass is 16.5. The molecule has 0 unspecified atom stereocenters. The number of hydrogen-bond acceptors (Lipinski definition) is 5. The molecule has 1 heterocycles. The molecular weight excluding hydrogens is 342 g/mol. The van der Waals surface area contributed by atoms with E-state index in [1.165, 1.54) is 15.9 Å². The minimum Gasteiger partial charge on any atom is -0.485 e. The van der Waals surface area contributed by atoms with Crippen molar-refractivity contribution in [3.63, 3.8) is 0 Å². The maximum Gasteiger partial charge on any atom is 0.246 e. The zero-order valence-electron chi connectivity index (χ0n) is 15.8. The molecule has 2 aromatic carbocycles. The van der Waals surface area contributed by atoms with Crippen LogP contribution in [0.4, 0.5) is 0 Å². The molecule has 0 aliphatic heterocycles. The number of hydrogen-bond donors (Lipinski definition) is 0. The Hall–Kier alpha value is -3.22. The molecule has 0 saturated carbocycles. The van der Waals surface area contributed by atoms with Crippen molar-refractivity contribution in [1.82, 2.24) is 25.1 Å². The number of amides is 1. The number of para-hydroxylation sites is 1. The summed E-state index contributed by atoms with van der Waals surface area (Å²) in [6, 6.07) is 15.6. The van der Waals surface area contributed by atoms with Gasteiger partial charge in [0.25, 0.3) is 0 Å². The Bertz CT molecular complexity index is 908. The number of rotatable bonds is 7. The van der Waals surface area contributed by atoms with Gasteiger partial charge in [0.15, 0.2) is 6.61 Å². The van der Waals surface area contributed by atoms with Gasteiger partial charge in [-0.1, -0.05) is 42.0 Å². The Balaban J connectivity index is 1.53. The lowest BCUT2D eigenvalue weighted by Gasteiger charge is -2.18. The summed E-state index contributed by atoms with van der Waals surface area (Å²) >= 11 is 0. The lowest BCUT2D eigenvalue weighted by atomic mass is 10.1. The number of likely N-dealkylation sites (N-methyl/N-ethyl adjacent to an activating group) is 1. The average molecular weight is 365 g/mol. The molecular formula is C20H23N5O2. The molecule has 0 spiro atoms. The Kier molecular flexibility index (Phi) is 5.80. The van der Waals surface area contributed by atoms with Gasteiger partial charge < -0.3 is 9.64 Å². The van der Waals surface area contributed by atoms with Gasteiger partial charge in [-0.3, -0.25) is 4.79 Å².